The number of carboxylic acid groups (broad SMARTS) is 1. The molecule has 7 rings (SSSR count). The summed E-state index contributed by atoms with van der Waals surface area (Å²) in [6.07, 6.45) is 28.5. The molecule has 11 heteroatoms. The molecule has 1 atom stereocenters. The number of thiophene rings is 4. The number of unbranched alkanes of at least 4 members (excludes halogenated alkanes) is 7. The Hall–Kier alpha value is -6.86. The van der Waals surface area contributed by atoms with Crippen molar-refractivity contribution in [3.05, 3.63) is 178 Å². The normalized spacial score (nSPS) is 12.3. The molecule has 7 nitrogen and oxygen atoms in total. The number of aryl methyl sites for hydroxylation is 2. The van der Waals surface area contributed by atoms with Gasteiger partial charge in [0.1, 0.15) is 6.07 Å². The van der Waals surface area contributed by atoms with Gasteiger partial charge >= 0.3 is 5.97 Å². The highest BCUT2D eigenvalue weighted by molar-refractivity contribution is 7.17. The summed E-state index contributed by atoms with van der Waals surface area (Å²) in [6, 6.07) is 41.8. The Morgan fingerprint density at radius 3 is 1.56 bits per heavy atom. The largest absolute Gasteiger partial charge is 0.486 e. The lowest BCUT2D eigenvalue weighted by atomic mass is 9.92. The van der Waals surface area contributed by atoms with Crippen LogP contribution in [0.2, 0.25) is 0 Å². The van der Waals surface area contributed by atoms with E-state index in [1.807, 2.05) is 6.07 Å². The SMILES string of the molecule is [C-]#[N+]/C(=C\c1sc(/C=C/c2ccc(-c3ccc(N(c4ccc(CC(CC)CCCC)cc4)c4ccc(-c5ccc(/C=C/c6cc(CCCCCC)c(/C=C(\C#N)OC=O)s6)s5)cc4)cc3)s2)cc1CCCCCC)C(=O)O. The molecule has 0 amide bonds. The molecule has 3 aromatic carbocycles. The van der Waals surface area contributed by atoms with Crippen LogP contribution in [0.4, 0.5) is 17.1 Å². The summed E-state index contributed by atoms with van der Waals surface area (Å²) in [5.41, 5.74) is 8.89. The fraction of sp³-hybridized carbons (Fsp3) is 0.303. The Morgan fingerprint density at radius 1 is 0.636 bits per heavy atom. The van der Waals surface area contributed by atoms with Gasteiger partial charge in [0, 0.05) is 62.2 Å². The standard InChI is InChI=1S/C66H69N3O4S4/c1-6-10-13-15-18-51-41-59(76-64(51)43-56(45-67)73-46-70)34-32-57-36-38-62(74-57)49-22-28-54(29-23-49)69(53-26-20-48(21-27-53)40-47(9-4)17-12-8-3)55-30-24-50(25-31-55)63-39-37-58(75-63)33-35-60-42-52(19-16-14-11-7-2)65(77-60)44-61(68-5)66(71)72/h20-39,41-44,46-47H,6-19,40H2,1-4H3,(H,71,72)/b34-32+,35-33+,56-43+,61-44-. The maximum Gasteiger partial charge on any atom is 0.333 e. The van der Waals surface area contributed by atoms with Crippen LogP contribution in [-0.4, -0.2) is 17.5 Å². The van der Waals surface area contributed by atoms with E-state index in [2.05, 4.69) is 171 Å². The van der Waals surface area contributed by atoms with Gasteiger partial charge in [0.05, 0.1) is 6.57 Å². The molecule has 0 aliphatic heterocycles. The molecule has 0 spiro atoms. The van der Waals surface area contributed by atoms with Crippen LogP contribution >= 0.6 is 45.3 Å². The van der Waals surface area contributed by atoms with Crippen LogP contribution in [0, 0.1) is 23.8 Å². The summed E-state index contributed by atoms with van der Waals surface area (Å²) in [7, 11) is 0. The van der Waals surface area contributed by atoms with Crippen molar-refractivity contribution in [3.8, 4) is 27.0 Å². The van der Waals surface area contributed by atoms with Crippen LogP contribution < -0.4 is 4.90 Å². The summed E-state index contributed by atoms with van der Waals surface area (Å²) in [5.74, 6) is -0.517. The lowest BCUT2D eigenvalue weighted by molar-refractivity contribution is -0.132. The molecular formula is C66H69N3O4S4. The Kier molecular flexibility index (Phi) is 22.7. The van der Waals surface area contributed by atoms with Crippen molar-refractivity contribution in [2.24, 2.45) is 5.92 Å². The highest BCUT2D eigenvalue weighted by Gasteiger charge is 2.17. The van der Waals surface area contributed by atoms with Crippen molar-refractivity contribution in [1.29, 1.82) is 5.26 Å². The van der Waals surface area contributed by atoms with Gasteiger partial charge in [-0.15, -0.1) is 45.3 Å². The number of carbonyl (C=O) groups excluding carboxylic acids is 1. The van der Waals surface area contributed by atoms with Crippen molar-refractivity contribution in [1.82, 2.24) is 0 Å². The number of aliphatic carboxylic acids is 1. The second-order valence-electron chi connectivity index (χ2n) is 19.3. The summed E-state index contributed by atoms with van der Waals surface area (Å²) >= 11 is 6.61. The lowest BCUT2D eigenvalue weighted by Gasteiger charge is -2.26. The maximum absolute atomic E-state index is 11.7. The van der Waals surface area contributed by atoms with Gasteiger partial charge in [-0.2, -0.15) is 5.26 Å². The second-order valence-corrected chi connectivity index (χ2v) is 23.7. The van der Waals surface area contributed by atoms with Gasteiger partial charge < -0.3 is 14.7 Å². The fourth-order valence-electron chi connectivity index (χ4n) is 9.32. The second kappa shape index (κ2) is 30.2. The van der Waals surface area contributed by atoms with E-state index in [0.29, 0.717) is 12.4 Å². The topological polar surface area (TPSA) is 95.0 Å². The summed E-state index contributed by atoms with van der Waals surface area (Å²) < 4.78 is 4.92. The number of carboxylic acids is 1. The first kappa shape index (κ1) is 57.8. The molecule has 0 aliphatic carbocycles. The molecule has 4 heterocycles. The van der Waals surface area contributed by atoms with Crippen molar-refractivity contribution >= 4 is 111 Å². The molecule has 0 radical (unpaired) electrons. The van der Waals surface area contributed by atoms with Crippen molar-refractivity contribution in [2.75, 3.05) is 4.90 Å². The van der Waals surface area contributed by atoms with Crippen molar-refractivity contribution < 1.29 is 19.4 Å². The van der Waals surface area contributed by atoms with E-state index >= 15 is 0 Å². The highest BCUT2D eigenvalue weighted by Crippen LogP contribution is 2.40. The molecule has 77 heavy (non-hydrogen) atoms. The number of benzene rings is 3. The molecule has 7 aromatic rings. The van der Waals surface area contributed by atoms with Crippen LogP contribution in [0.5, 0.6) is 0 Å². The highest BCUT2D eigenvalue weighted by atomic mass is 32.1. The zero-order valence-corrected chi connectivity index (χ0v) is 48.0. The molecular weight excluding hydrogens is 1030 g/mol. The third-order valence-electron chi connectivity index (χ3n) is 13.6. The Labute approximate surface area is 472 Å². The van der Waals surface area contributed by atoms with Gasteiger partial charge in [0.15, 0.2) is 0 Å². The first-order valence-corrected chi connectivity index (χ1v) is 30.4. The van der Waals surface area contributed by atoms with E-state index in [-0.39, 0.29) is 11.5 Å². The zero-order valence-electron chi connectivity index (χ0n) is 44.8. The molecule has 0 saturated carbocycles. The smallest absolute Gasteiger partial charge is 0.333 e. The minimum atomic E-state index is -1.20. The number of hydrogen-bond donors (Lipinski definition) is 1. The first-order chi connectivity index (χ1) is 37.6. The maximum atomic E-state index is 11.7. The van der Waals surface area contributed by atoms with Crippen LogP contribution in [0.3, 0.4) is 0 Å². The van der Waals surface area contributed by atoms with Gasteiger partial charge in [-0.3, -0.25) is 9.59 Å². The predicted molar refractivity (Wildman–Crippen MR) is 330 cm³/mol. The van der Waals surface area contributed by atoms with E-state index in [1.165, 1.54) is 71.3 Å². The van der Waals surface area contributed by atoms with Gasteiger partial charge in [-0.25, -0.2) is 4.85 Å². The number of nitriles is 1. The lowest BCUT2D eigenvalue weighted by Crippen LogP contribution is -2.10. The molecule has 396 valence electrons. The summed E-state index contributed by atoms with van der Waals surface area (Å²) in [6.45, 7) is 16.7. The van der Waals surface area contributed by atoms with Gasteiger partial charge in [-0.1, -0.05) is 128 Å². The Balaban J connectivity index is 1.11. The van der Waals surface area contributed by atoms with E-state index in [0.717, 1.165) is 126 Å². The minimum absolute atomic E-state index is 0.00454. The minimum Gasteiger partial charge on any atom is -0.486 e. The van der Waals surface area contributed by atoms with Crippen molar-refractivity contribution in [2.45, 2.75) is 124 Å². The number of ether oxygens (including phenoxy) is 1. The van der Waals surface area contributed by atoms with Gasteiger partial charge in [0.25, 0.3) is 12.2 Å². The summed E-state index contributed by atoms with van der Waals surface area (Å²) in [5, 5.41) is 19.1. The number of allylic oxidation sites excluding steroid dienone is 1. The van der Waals surface area contributed by atoms with E-state index in [1.54, 1.807) is 40.1 Å². The molecule has 0 aliphatic rings. The van der Waals surface area contributed by atoms with E-state index in [9.17, 15) is 20.0 Å². The zero-order chi connectivity index (χ0) is 54.4. The van der Waals surface area contributed by atoms with Crippen molar-refractivity contribution in [3.63, 3.8) is 0 Å². The number of hydrogen-bond acceptors (Lipinski definition) is 9. The Bertz CT molecular complexity index is 3220. The van der Waals surface area contributed by atoms with Gasteiger partial charge in [0.2, 0.25) is 5.76 Å². The molecule has 1 N–H and O–H groups in total. The molecule has 0 saturated heterocycles. The van der Waals surface area contributed by atoms with E-state index in [4.69, 9.17) is 11.3 Å². The molecule has 4 aromatic heterocycles. The van der Waals surface area contributed by atoms with Crippen LogP contribution in [-0.2, 0) is 33.6 Å². The number of nitrogens with zero attached hydrogens (tertiary/aromatic N) is 3. The summed E-state index contributed by atoms with van der Waals surface area (Å²) in [4.78, 5) is 36.8. The van der Waals surface area contributed by atoms with Crippen LogP contribution in [0.15, 0.2) is 121 Å². The quantitative estimate of drug-likeness (QED) is 0.0120. The Morgan fingerprint density at radius 2 is 1.12 bits per heavy atom. The molecule has 0 bridgehead atoms. The van der Waals surface area contributed by atoms with E-state index < -0.39 is 5.97 Å². The van der Waals surface area contributed by atoms with Crippen LogP contribution in [0.1, 0.15) is 151 Å². The number of anilines is 3. The third-order valence-corrected chi connectivity index (χ3v) is 18.0. The molecule has 1 unspecified atom stereocenters. The van der Waals surface area contributed by atoms with Crippen LogP contribution in [0.25, 0.3) is 62.2 Å². The third kappa shape index (κ3) is 16.8. The predicted octanol–water partition coefficient (Wildman–Crippen LogP) is 20.5. The van der Waals surface area contributed by atoms with Gasteiger partial charge in [-0.05, 0) is 169 Å². The fourth-order valence-corrected chi connectivity index (χ4v) is 13.3. The monoisotopic (exact) mass is 1100 g/mol. The molecule has 0 fully saturated rings. The first-order valence-electron chi connectivity index (χ1n) is 27.1. The number of carbonyl (C=O) groups is 2. The average Bonchev–Trinajstić information content (AvgIpc) is 4.29. The average molecular weight is 1100 g/mol. The number of rotatable bonds is 30.